The van der Waals surface area contributed by atoms with Crippen LogP contribution in [0.25, 0.3) is 0 Å². The molecular formula is C38H37N3O8. The molecule has 0 unspecified atom stereocenters. The minimum Gasteiger partial charge on any atom is -0.491 e. The molecule has 11 nitrogen and oxygen atoms in total. The van der Waals surface area contributed by atoms with Gasteiger partial charge in [-0.05, 0) is 49.4 Å². The van der Waals surface area contributed by atoms with Crippen LogP contribution in [0.3, 0.4) is 0 Å². The van der Waals surface area contributed by atoms with E-state index in [2.05, 4.69) is 5.43 Å². The van der Waals surface area contributed by atoms with Gasteiger partial charge in [-0.3, -0.25) is 34.3 Å². The molecule has 4 aliphatic rings. The van der Waals surface area contributed by atoms with Crippen molar-refractivity contribution in [2.75, 3.05) is 25.2 Å². The van der Waals surface area contributed by atoms with Gasteiger partial charge < -0.3 is 14.9 Å². The van der Waals surface area contributed by atoms with E-state index >= 15 is 4.79 Å². The maximum atomic E-state index is 15.2. The molecule has 0 aromatic heterocycles. The molecular weight excluding hydrogens is 626 g/mol. The molecule has 4 amide bonds. The highest BCUT2D eigenvalue weighted by molar-refractivity contribution is 6.13. The Morgan fingerprint density at radius 1 is 0.918 bits per heavy atom. The predicted octanol–water partition coefficient (Wildman–Crippen LogP) is 3.83. The summed E-state index contributed by atoms with van der Waals surface area (Å²) in [6.07, 6.45) is 1.93. The van der Waals surface area contributed by atoms with Gasteiger partial charge in [-0.25, -0.2) is 0 Å². The lowest BCUT2D eigenvalue weighted by Gasteiger charge is -2.50. The van der Waals surface area contributed by atoms with Gasteiger partial charge in [0.1, 0.15) is 12.4 Å². The maximum Gasteiger partial charge on any atom is 0.305 e. The molecule has 2 saturated heterocycles. The summed E-state index contributed by atoms with van der Waals surface area (Å²) in [5.74, 6) is -6.26. The SMILES string of the molecule is Cc1ccc(NN2C(=O)[C@@H]3C[C@@H]4C(=CC[C@@H]5C(=O)N(CCC(=O)O)C(=O)[C@@H]54)[C@H](c4ccccc4OCCO)[C@]3(c3ccccc3)C2=O)cc1. The number of rotatable bonds is 10. The number of hydrazine groups is 1. The highest BCUT2D eigenvalue weighted by Gasteiger charge is 2.70. The van der Waals surface area contributed by atoms with Crippen LogP contribution in [0.5, 0.6) is 5.75 Å². The number of fused-ring (bicyclic) bond motifs is 4. The van der Waals surface area contributed by atoms with Gasteiger partial charge in [0, 0.05) is 18.0 Å². The lowest BCUT2D eigenvalue weighted by molar-refractivity contribution is -0.143. The number of aryl methyl sites for hydroxylation is 1. The van der Waals surface area contributed by atoms with Crippen LogP contribution in [-0.4, -0.2) is 69.5 Å². The number of anilines is 1. The van der Waals surface area contributed by atoms with E-state index in [9.17, 15) is 29.4 Å². The first-order valence-corrected chi connectivity index (χ1v) is 16.5. The van der Waals surface area contributed by atoms with Gasteiger partial charge >= 0.3 is 5.97 Å². The molecule has 3 fully saturated rings. The Hall–Kier alpha value is -5.29. The molecule has 0 bridgehead atoms. The quantitative estimate of drug-likeness (QED) is 0.217. The summed E-state index contributed by atoms with van der Waals surface area (Å²) < 4.78 is 6.05. The first kappa shape index (κ1) is 32.3. The number of para-hydroxylation sites is 1. The molecule has 3 aromatic rings. The number of carbonyl (C=O) groups excluding carboxylic acids is 4. The van der Waals surface area contributed by atoms with Crippen molar-refractivity contribution in [1.82, 2.24) is 9.91 Å². The van der Waals surface area contributed by atoms with E-state index in [0.29, 0.717) is 22.6 Å². The van der Waals surface area contributed by atoms with E-state index in [-0.39, 0.29) is 39.0 Å². The average molecular weight is 664 g/mol. The molecule has 0 spiro atoms. The summed E-state index contributed by atoms with van der Waals surface area (Å²) >= 11 is 0. The van der Waals surface area contributed by atoms with Gasteiger partial charge in [-0.1, -0.05) is 77.9 Å². The first-order valence-electron chi connectivity index (χ1n) is 16.5. The zero-order valence-corrected chi connectivity index (χ0v) is 27.0. The van der Waals surface area contributed by atoms with E-state index in [1.54, 1.807) is 24.3 Å². The van der Waals surface area contributed by atoms with Crippen LogP contribution in [0, 0.1) is 30.6 Å². The van der Waals surface area contributed by atoms with Crippen molar-refractivity contribution >= 4 is 35.3 Å². The number of hydrogen-bond donors (Lipinski definition) is 3. The number of aliphatic carboxylic acids is 1. The van der Waals surface area contributed by atoms with Crippen LogP contribution >= 0.6 is 0 Å². The number of amides is 4. The van der Waals surface area contributed by atoms with Gasteiger partial charge in [0.25, 0.3) is 11.8 Å². The Morgan fingerprint density at radius 2 is 1.63 bits per heavy atom. The van der Waals surface area contributed by atoms with Crippen LogP contribution in [0.4, 0.5) is 5.69 Å². The normalized spacial score (nSPS) is 27.4. The zero-order valence-electron chi connectivity index (χ0n) is 27.0. The van der Waals surface area contributed by atoms with Gasteiger partial charge in [-0.2, -0.15) is 5.01 Å². The van der Waals surface area contributed by atoms with Gasteiger partial charge in [-0.15, -0.1) is 0 Å². The largest absolute Gasteiger partial charge is 0.491 e. The number of imide groups is 2. The minimum atomic E-state index is -1.46. The molecule has 3 aromatic carbocycles. The number of nitrogens with one attached hydrogen (secondary N) is 1. The molecule has 6 atom stereocenters. The Labute approximate surface area is 283 Å². The van der Waals surface area contributed by atoms with E-state index in [4.69, 9.17) is 4.74 Å². The predicted molar refractivity (Wildman–Crippen MR) is 177 cm³/mol. The van der Waals surface area contributed by atoms with Crippen molar-refractivity contribution in [3.63, 3.8) is 0 Å². The summed E-state index contributed by atoms with van der Waals surface area (Å²) in [6, 6.07) is 23.8. The number of benzene rings is 3. The van der Waals surface area contributed by atoms with Crippen molar-refractivity contribution < 1.29 is 38.9 Å². The highest BCUT2D eigenvalue weighted by atomic mass is 16.5. The van der Waals surface area contributed by atoms with Crippen LogP contribution < -0.4 is 10.2 Å². The Morgan fingerprint density at radius 3 is 2.35 bits per heavy atom. The molecule has 3 N–H and O–H groups in total. The van der Waals surface area contributed by atoms with Crippen molar-refractivity contribution in [3.8, 4) is 5.75 Å². The van der Waals surface area contributed by atoms with Crippen molar-refractivity contribution in [2.45, 2.75) is 37.5 Å². The third kappa shape index (κ3) is 5.11. The fraction of sp³-hybridized carbons (Fsp3) is 0.342. The zero-order chi connectivity index (χ0) is 34.4. The van der Waals surface area contributed by atoms with Gasteiger partial charge in [0.2, 0.25) is 11.8 Å². The number of carboxylic acid groups (broad SMARTS) is 1. The number of carbonyl (C=O) groups is 5. The number of likely N-dealkylation sites (tertiary alicyclic amines) is 1. The lowest BCUT2D eigenvalue weighted by atomic mass is 9.49. The summed E-state index contributed by atoms with van der Waals surface area (Å²) in [5.41, 5.74) is 5.21. The Bertz CT molecular complexity index is 1860. The number of nitrogens with zero attached hydrogens (tertiary/aromatic N) is 2. The summed E-state index contributed by atoms with van der Waals surface area (Å²) in [7, 11) is 0. The second-order valence-electron chi connectivity index (χ2n) is 13.2. The lowest BCUT2D eigenvalue weighted by Crippen LogP contribution is -2.53. The van der Waals surface area contributed by atoms with E-state index in [1.807, 2.05) is 67.6 Å². The Kier molecular flexibility index (Phi) is 8.32. The molecule has 11 heteroatoms. The molecule has 252 valence electrons. The second-order valence-corrected chi connectivity index (χ2v) is 13.2. The van der Waals surface area contributed by atoms with Crippen LogP contribution in [-0.2, 0) is 29.4 Å². The van der Waals surface area contributed by atoms with Crippen molar-refractivity contribution in [1.29, 1.82) is 0 Å². The minimum absolute atomic E-state index is 0.00180. The summed E-state index contributed by atoms with van der Waals surface area (Å²) in [6.45, 7) is 1.47. The molecule has 1 saturated carbocycles. The van der Waals surface area contributed by atoms with Gasteiger partial charge in [0.15, 0.2) is 0 Å². The van der Waals surface area contributed by atoms with Crippen LogP contribution in [0.2, 0.25) is 0 Å². The smallest absolute Gasteiger partial charge is 0.305 e. The number of aliphatic hydroxyl groups is 1. The molecule has 2 heterocycles. The molecule has 49 heavy (non-hydrogen) atoms. The number of ether oxygens (including phenoxy) is 1. The molecule has 0 radical (unpaired) electrons. The topological polar surface area (TPSA) is 154 Å². The van der Waals surface area contributed by atoms with Gasteiger partial charge in [0.05, 0.1) is 41.9 Å². The first-order chi connectivity index (χ1) is 23.7. The maximum absolute atomic E-state index is 15.2. The third-order valence-electron chi connectivity index (χ3n) is 10.6. The van der Waals surface area contributed by atoms with Crippen molar-refractivity contribution in [2.24, 2.45) is 23.7 Å². The highest BCUT2D eigenvalue weighted by Crippen LogP contribution is 2.64. The number of hydrogen-bond acceptors (Lipinski definition) is 8. The number of carboxylic acids is 1. The van der Waals surface area contributed by atoms with E-state index < -0.39 is 64.6 Å². The summed E-state index contributed by atoms with van der Waals surface area (Å²) in [5, 5.41) is 20.1. The second kappa shape index (κ2) is 12.6. The summed E-state index contributed by atoms with van der Waals surface area (Å²) in [4.78, 5) is 70.0. The number of aliphatic hydroxyl groups excluding tert-OH is 1. The molecule has 2 aliphatic carbocycles. The fourth-order valence-corrected chi connectivity index (χ4v) is 8.59. The van der Waals surface area contributed by atoms with Crippen molar-refractivity contribution in [3.05, 3.63) is 107 Å². The molecule has 2 aliphatic heterocycles. The standard InChI is InChI=1S/C38H37N3O8/c1-22-11-13-24(14-12-22)39-41-35(46)29-21-28-25(15-16-27-32(28)36(47)40(34(27)45)18-17-31(43)44)33(26-9-5-6-10-30(26)49-20-19-42)38(29,37(41)48)23-7-3-2-4-8-23/h2-15,27-29,32-33,39,42H,16-21H2,1H3,(H,43,44)/t27-,28+,29-,32-,33+,38+/m0/s1. The van der Waals surface area contributed by atoms with E-state index in [0.717, 1.165) is 21.0 Å². The third-order valence-corrected chi connectivity index (χ3v) is 10.6. The average Bonchev–Trinajstić information content (AvgIpc) is 3.48. The van der Waals surface area contributed by atoms with E-state index in [1.165, 1.54) is 0 Å². The fourth-order valence-electron chi connectivity index (χ4n) is 8.59. The van der Waals surface area contributed by atoms with Crippen LogP contribution in [0.15, 0.2) is 90.5 Å². The van der Waals surface area contributed by atoms with Crippen LogP contribution in [0.1, 0.15) is 41.9 Å². The Balaban J connectivity index is 1.43. The molecule has 7 rings (SSSR count). The number of allylic oxidation sites excluding steroid dienone is 2. The monoisotopic (exact) mass is 663 g/mol.